The Bertz CT molecular complexity index is 895. The van der Waals surface area contributed by atoms with Crippen molar-refractivity contribution in [2.45, 2.75) is 16.7 Å². The van der Waals surface area contributed by atoms with E-state index in [1.54, 1.807) is 40.6 Å². The summed E-state index contributed by atoms with van der Waals surface area (Å²) >= 11 is 1.15. The molecule has 0 spiro atoms. The summed E-state index contributed by atoms with van der Waals surface area (Å²) in [6.45, 7) is 1.25. The zero-order valence-corrected chi connectivity index (χ0v) is 14.8. The van der Waals surface area contributed by atoms with Crippen molar-refractivity contribution < 1.29 is 22.7 Å². The Hall–Kier alpha value is -2.10. The number of carbonyl (C=O) groups excluding carboxylic acids is 1. The summed E-state index contributed by atoms with van der Waals surface area (Å²) in [5.74, 6) is 1.12. The smallest absolute Gasteiger partial charge is 0.250 e. The normalized spacial score (nSPS) is 20.1. The van der Waals surface area contributed by atoms with Gasteiger partial charge in [0.25, 0.3) is 0 Å². The maximum atomic E-state index is 12.3. The molecule has 1 atom stereocenters. The fraction of sp³-hybridized carbons (Fsp3) is 0.312. The molecule has 1 aromatic heterocycles. The Morgan fingerprint density at radius 2 is 1.96 bits per heavy atom. The van der Waals surface area contributed by atoms with E-state index in [1.165, 1.54) is 0 Å². The van der Waals surface area contributed by atoms with Crippen LogP contribution in [0.2, 0.25) is 0 Å². The third-order valence-electron chi connectivity index (χ3n) is 4.04. The van der Waals surface area contributed by atoms with Gasteiger partial charge in [-0.2, -0.15) is 0 Å². The first-order chi connectivity index (χ1) is 12.0. The molecular formula is C16H16N2O5S2. The van der Waals surface area contributed by atoms with Crippen LogP contribution in [0.15, 0.2) is 39.9 Å². The van der Waals surface area contributed by atoms with Crippen LogP contribution in [-0.2, 0) is 14.8 Å². The van der Waals surface area contributed by atoms with Crippen LogP contribution in [0.5, 0.6) is 11.5 Å². The van der Waals surface area contributed by atoms with Gasteiger partial charge in [0.1, 0.15) is 17.4 Å². The van der Waals surface area contributed by atoms with Crippen molar-refractivity contribution in [1.82, 2.24) is 4.72 Å². The molecular weight excluding hydrogens is 364 g/mol. The van der Waals surface area contributed by atoms with Gasteiger partial charge in [0.05, 0.1) is 0 Å². The van der Waals surface area contributed by atoms with Crippen LogP contribution in [0.3, 0.4) is 0 Å². The average molecular weight is 380 g/mol. The van der Waals surface area contributed by atoms with E-state index in [0.717, 1.165) is 11.3 Å². The van der Waals surface area contributed by atoms with Crippen LogP contribution in [0.25, 0.3) is 0 Å². The van der Waals surface area contributed by atoms with E-state index in [0.29, 0.717) is 30.4 Å². The Morgan fingerprint density at radius 3 is 2.72 bits per heavy atom. The first-order valence-corrected chi connectivity index (χ1v) is 10.1. The largest absolute Gasteiger partial charge is 0.486 e. The number of nitrogens with zero attached hydrogens (tertiary/aromatic N) is 1. The van der Waals surface area contributed by atoms with E-state index in [9.17, 15) is 13.2 Å². The lowest BCUT2D eigenvalue weighted by Crippen LogP contribution is -2.36. The van der Waals surface area contributed by atoms with Gasteiger partial charge in [-0.3, -0.25) is 4.79 Å². The maximum absolute atomic E-state index is 12.3. The monoisotopic (exact) mass is 380 g/mol. The fourth-order valence-corrected chi connectivity index (χ4v) is 5.17. The lowest BCUT2D eigenvalue weighted by atomic mass is 10.2. The number of hydrogen-bond donors (Lipinski definition) is 1. The number of fused-ring (bicyclic) bond motifs is 1. The van der Waals surface area contributed by atoms with Crippen LogP contribution in [-0.4, -0.2) is 40.1 Å². The highest BCUT2D eigenvalue weighted by atomic mass is 32.2. The second-order valence-electron chi connectivity index (χ2n) is 5.79. The number of nitrogens with one attached hydrogen (secondary N) is 1. The third kappa shape index (κ3) is 3.22. The number of hydrogen-bond acceptors (Lipinski definition) is 6. The van der Waals surface area contributed by atoms with Gasteiger partial charge in [-0.1, -0.05) is 6.07 Å². The maximum Gasteiger partial charge on any atom is 0.250 e. The Kier molecular flexibility index (Phi) is 4.14. The molecule has 1 N–H and O–H groups in total. The molecule has 7 nitrogen and oxygen atoms in total. The summed E-state index contributed by atoms with van der Waals surface area (Å²) in [5, 5.41) is 1.70. The highest BCUT2D eigenvalue weighted by Crippen LogP contribution is 2.35. The number of rotatable bonds is 4. The first kappa shape index (κ1) is 16.4. The summed E-state index contributed by atoms with van der Waals surface area (Å²) in [6.07, 6.45) is 0.124. The highest BCUT2D eigenvalue weighted by molar-refractivity contribution is 7.91. The van der Waals surface area contributed by atoms with Gasteiger partial charge in [-0.25, -0.2) is 13.1 Å². The molecule has 1 amide bonds. The number of thiophene rings is 1. The van der Waals surface area contributed by atoms with Gasteiger partial charge in [0, 0.05) is 30.8 Å². The summed E-state index contributed by atoms with van der Waals surface area (Å²) in [5.41, 5.74) is 0.673. The Balaban J connectivity index is 1.51. The minimum atomic E-state index is -3.60. The van der Waals surface area contributed by atoms with Gasteiger partial charge in [-0.15, -0.1) is 11.3 Å². The second-order valence-corrected chi connectivity index (χ2v) is 8.68. The van der Waals surface area contributed by atoms with Crippen LogP contribution < -0.4 is 19.1 Å². The predicted molar refractivity (Wildman–Crippen MR) is 92.8 cm³/mol. The van der Waals surface area contributed by atoms with E-state index in [1.807, 2.05) is 0 Å². The summed E-state index contributed by atoms with van der Waals surface area (Å²) < 4.78 is 38.5. The van der Waals surface area contributed by atoms with Crippen LogP contribution in [0, 0.1) is 0 Å². The van der Waals surface area contributed by atoms with Crippen LogP contribution >= 0.6 is 11.3 Å². The molecule has 2 aliphatic rings. The van der Waals surface area contributed by atoms with E-state index < -0.39 is 16.1 Å². The quantitative estimate of drug-likeness (QED) is 0.871. The Morgan fingerprint density at radius 1 is 1.16 bits per heavy atom. The van der Waals surface area contributed by atoms with Crippen LogP contribution in [0.1, 0.15) is 6.42 Å². The van der Waals surface area contributed by atoms with Crippen molar-refractivity contribution in [3.63, 3.8) is 0 Å². The second kappa shape index (κ2) is 6.32. The minimum Gasteiger partial charge on any atom is -0.486 e. The zero-order valence-electron chi connectivity index (χ0n) is 13.2. The molecule has 0 aliphatic carbocycles. The van der Waals surface area contributed by atoms with Crippen molar-refractivity contribution >= 4 is 33.0 Å². The van der Waals surface area contributed by atoms with Gasteiger partial charge in [0.15, 0.2) is 11.5 Å². The number of carbonyl (C=O) groups is 1. The molecule has 0 bridgehead atoms. The molecule has 0 saturated carbocycles. The molecule has 1 aromatic carbocycles. The molecule has 4 rings (SSSR count). The molecule has 25 heavy (non-hydrogen) atoms. The predicted octanol–water partition coefficient (Wildman–Crippen LogP) is 1.60. The number of amides is 1. The molecule has 132 valence electrons. The number of benzene rings is 1. The first-order valence-electron chi connectivity index (χ1n) is 7.79. The minimum absolute atomic E-state index is 0.124. The third-order valence-corrected chi connectivity index (χ3v) is 6.96. The SMILES string of the molecule is O=C1C[C@H](NS(=O)(=O)c2cccs2)CN1c1ccc2c(c1)OCCO2. The number of anilines is 1. The van der Waals surface area contributed by atoms with Gasteiger partial charge >= 0.3 is 0 Å². The van der Waals surface area contributed by atoms with Crippen molar-refractivity contribution in [3.05, 3.63) is 35.7 Å². The molecule has 2 aromatic rings. The van der Waals surface area contributed by atoms with E-state index >= 15 is 0 Å². The topological polar surface area (TPSA) is 84.9 Å². The lowest BCUT2D eigenvalue weighted by molar-refractivity contribution is -0.117. The van der Waals surface area contributed by atoms with E-state index in [-0.39, 0.29) is 23.1 Å². The molecule has 9 heteroatoms. The molecule has 1 fully saturated rings. The van der Waals surface area contributed by atoms with E-state index in [4.69, 9.17) is 9.47 Å². The van der Waals surface area contributed by atoms with Crippen molar-refractivity contribution in [2.75, 3.05) is 24.7 Å². The average Bonchev–Trinajstić information content (AvgIpc) is 3.24. The molecule has 0 unspecified atom stereocenters. The molecule has 2 aliphatic heterocycles. The van der Waals surface area contributed by atoms with Crippen molar-refractivity contribution in [1.29, 1.82) is 0 Å². The highest BCUT2D eigenvalue weighted by Gasteiger charge is 2.34. The molecule has 3 heterocycles. The van der Waals surface area contributed by atoms with Gasteiger partial charge in [-0.05, 0) is 23.6 Å². The summed E-state index contributed by atoms with van der Waals surface area (Å²) in [4.78, 5) is 13.9. The van der Waals surface area contributed by atoms with Gasteiger partial charge < -0.3 is 14.4 Å². The molecule has 1 saturated heterocycles. The number of sulfonamides is 1. The van der Waals surface area contributed by atoms with Crippen LogP contribution in [0.4, 0.5) is 5.69 Å². The Labute approximate surface area is 149 Å². The van der Waals surface area contributed by atoms with Gasteiger partial charge in [0.2, 0.25) is 15.9 Å². The number of ether oxygens (including phenoxy) is 2. The van der Waals surface area contributed by atoms with Crippen molar-refractivity contribution in [3.8, 4) is 11.5 Å². The summed E-state index contributed by atoms with van der Waals surface area (Å²) in [7, 11) is -3.60. The standard InChI is InChI=1S/C16H16N2O5S2/c19-15-8-11(17-25(20,21)16-2-1-7-24-16)10-18(15)12-3-4-13-14(9-12)23-6-5-22-13/h1-4,7,9,11,17H,5-6,8,10H2/t11-/m0/s1. The molecule has 0 radical (unpaired) electrons. The fourth-order valence-electron chi connectivity index (χ4n) is 2.93. The zero-order chi connectivity index (χ0) is 17.4. The lowest BCUT2D eigenvalue weighted by Gasteiger charge is -2.22. The van der Waals surface area contributed by atoms with Crippen molar-refractivity contribution in [2.24, 2.45) is 0 Å². The van der Waals surface area contributed by atoms with E-state index in [2.05, 4.69) is 4.72 Å². The summed E-state index contributed by atoms with van der Waals surface area (Å²) in [6, 6.07) is 8.06.